The Morgan fingerprint density at radius 3 is 2.83 bits per heavy atom. The summed E-state index contributed by atoms with van der Waals surface area (Å²) >= 11 is 5.74. The molecule has 3 rings (SSSR count). The van der Waals surface area contributed by atoms with Crippen molar-refractivity contribution in [3.05, 3.63) is 48.2 Å². The lowest BCUT2D eigenvalue weighted by Crippen LogP contribution is -2.16. The minimum Gasteiger partial charge on any atom is -0.477 e. The minimum absolute atomic E-state index is 0.0349. The lowest BCUT2D eigenvalue weighted by atomic mass is 10.1. The standard InChI is InChI=1S/C18H15ClN2O3/c1-12(10-19)24-18(22)17-14-4-2-3-5-15(14)21-11-13(23-9-8-20)6-7-16(17)21/h2-7,11-12H,9-10H2,1H3. The van der Waals surface area contributed by atoms with Crippen molar-refractivity contribution >= 4 is 34.0 Å². The van der Waals surface area contributed by atoms with Crippen LogP contribution in [-0.2, 0) is 4.74 Å². The fourth-order valence-corrected chi connectivity index (χ4v) is 2.67. The Labute approximate surface area is 144 Å². The van der Waals surface area contributed by atoms with Gasteiger partial charge < -0.3 is 13.9 Å². The molecule has 0 N–H and O–H groups in total. The molecule has 2 aromatic heterocycles. The number of fused-ring (bicyclic) bond motifs is 3. The first-order valence-electron chi connectivity index (χ1n) is 7.45. The second-order valence-corrected chi connectivity index (χ2v) is 5.64. The Hall–Kier alpha value is -2.71. The summed E-state index contributed by atoms with van der Waals surface area (Å²) in [5.41, 5.74) is 2.07. The van der Waals surface area contributed by atoms with Crippen LogP contribution < -0.4 is 4.74 Å². The summed E-state index contributed by atoms with van der Waals surface area (Å²) in [6, 6.07) is 13.0. The number of nitriles is 1. The number of hydrogen-bond donors (Lipinski definition) is 0. The van der Waals surface area contributed by atoms with E-state index in [0.29, 0.717) is 16.8 Å². The van der Waals surface area contributed by atoms with Crippen molar-refractivity contribution in [1.29, 1.82) is 5.26 Å². The normalized spacial score (nSPS) is 12.0. The minimum atomic E-state index is -0.410. The lowest BCUT2D eigenvalue weighted by Gasteiger charge is -2.10. The molecule has 0 amide bonds. The predicted molar refractivity (Wildman–Crippen MR) is 91.6 cm³/mol. The molecule has 0 saturated carbocycles. The molecule has 1 unspecified atom stereocenters. The predicted octanol–water partition coefficient (Wildman–Crippen LogP) is 3.78. The van der Waals surface area contributed by atoms with Gasteiger partial charge in [-0.25, -0.2) is 4.79 Å². The summed E-state index contributed by atoms with van der Waals surface area (Å²) in [6.45, 7) is 1.71. The first kappa shape index (κ1) is 16.2. The lowest BCUT2D eigenvalue weighted by molar-refractivity contribution is 0.0388. The van der Waals surface area contributed by atoms with Crippen molar-refractivity contribution in [3.63, 3.8) is 0 Å². The van der Waals surface area contributed by atoms with Gasteiger partial charge in [0.05, 0.1) is 28.7 Å². The second-order valence-electron chi connectivity index (χ2n) is 5.33. The summed E-state index contributed by atoms with van der Waals surface area (Å²) in [5.74, 6) is 0.383. The Kier molecular flexibility index (Phi) is 4.59. The molecule has 0 aliphatic rings. The van der Waals surface area contributed by atoms with E-state index < -0.39 is 5.97 Å². The molecule has 24 heavy (non-hydrogen) atoms. The fraction of sp³-hybridized carbons (Fsp3) is 0.222. The van der Waals surface area contributed by atoms with Gasteiger partial charge in [0.15, 0.2) is 6.61 Å². The molecule has 5 nitrogen and oxygen atoms in total. The summed E-state index contributed by atoms with van der Waals surface area (Å²) in [4.78, 5) is 12.6. The third kappa shape index (κ3) is 2.89. The zero-order valence-electron chi connectivity index (χ0n) is 13.0. The van der Waals surface area contributed by atoms with Gasteiger partial charge in [0, 0.05) is 5.39 Å². The van der Waals surface area contributed by atoms with Crippen molar-refractivity contribution in [2.24, 2.45) is 0 Å². The SMILES string of the molecule is CC(CCl)OC(=O)c1c2ccccc2n2cc(OCC#N)ccc12. The van der Waals surface area contributed by atoms with Crippen LogP contribution in [0.2, 0.25) is 0 Å². The third-order valence-electron chi connectivity index (χ3n) is 3.64. The molecule has 2 heterocycles. The number of ether oxygens (including phenoxy) is 2. The highest BCUT2D eigenvalue weighted by molar-refractivity contribution is 6.18. The molecule has 0 radical (unpaired) electrons. The van der Waals surface area contributed by atoms with Crippen molar-refractivity contribution in [1.82, 2.24) is 4.40 Å². The van der Waals surface area contributed by atoms with Crippen molar-refractivity contribution < 1.29 is 14.3 Å². The van der Waals surface area contributed by atoms with E-state index in [1.165, 1.54) is 0 Å². The van der Waals surface area contributed by atoms with Gasteiger partial charge in [0.1, 0.15) is 17.9 Å². The third-order valence-corrected chi connectivity index (χ3v) is 4.08. The van der Waals surface area contributed by atoms with E-state index >= 15 is 0 Å². The number of esters is 1. The van der Waals surface area contributed by atoms with Crippen molar-refractivity contribution in [2.75, 3.05) is 12.5 Å². The summed E-state index contributed by atoms with van der Waals surface area (Å²) < 4.78 is 12.6. The van der Waals surface area contributed by atoms with Gasteiger partial charge in [-0.2, -0.15) is 5.26 Å². The molecule has 0 fully saturated rings. The van der Waals surface area contributed by atoms with Gasteiger partial charge in [0.2, 0.25) is 0 Å². The topological polar surface area (TPSA) is 63.7 Å². The highest BCUT2D eigenvalue weighted by Crippen LogP contribution is 2.29. The van der Waals surface area contributed by atoms with Gasteiger partial charge in [0.25, 0.3) is 0 Å². The van der Waals surface area contributed by atoms with Crippen LogP contribution >= 0.6 is 11.6 Å². The van der Waals surface area contributed by atoms with Crippen molar-refractivity contribution in [2.45, 2.75) is 13.0 Å². The molecule has 0 saturated heterocycles. The summed E-state index contributed by atoms with van der Waals surface area (Å²) in [7, 11) is 0. The number of hydrogen-bond acceptors (Lipinski definition) is 4. The van der Waals surface area contributed by atoms with Crippen LogP contribution in [0, 0.1) is 11.3 Å². The Morgan fingerprint density at radius 1 is 1.29 bits per heavy atom. The number of carbonyl (C=O) groups is 1. The number of alkyl halides is 1. The largest absolute Gasteiger partial charge is 0.477 e. The van der Waals surface area contributed by atoms with Gasteiger partial charge in [-0.05, 0) is 25.1 Å². The van der Waals surface area contributed by atoms with Crippen LogP contribution in [0.1, 0.15) is 17.3 Å². The van der Waals surface area contributed by atoms with E-state index in [9.17, 15) is 4.79 Å². The molecule has 1 atom stereocenters. The van der Waals surface area contributed by atoms with E-state index in [-0.39, 0.29) is 18.6 Å². The van der Waals surface area contributed by atoms with Gasteiger partial charge in [-0.15, -0.1) is 11.6 Å². The maximum atomic E-state index is 12.6. The van der Waals surface area contributed by atoms with E-state index in [1.807, 2.05) is 34.7 Å². The molecule has 0 spiro atoms. The highest BCUT2D eigenvalue weighted by atomic mass is 35.5. The van der Waals surface area contributed by atoms with Gasteiger partial charge in [-0.1, -0.05) is 18.2 Å². The number of halogens is 1. The number of carbonyl (C=O) groups excluding carboxylic acids is 1. The van der Waals surface area contributed by atoms with E-state index in [0.717, 1.165) is 10.9 Å². The molecule has 0 aliphatic heterocycles. The molecular weight excluding hydrogens is 328 g/mol. The van der Waals surface area contributed by atoms with Crippen LogP contribution in [0.15, 0.2) is 42.6 Å². The molecule has 122 valence electrons. The number of nitrogens with zero attached hydrogens (tertiary/aromatic N) is 2. The zero-order valence-corrected chi connectivity index (χ0v) is 13.8. The Bertz CT molecular complexity index is 942. The number of rotatable bonds is 5. The first-order valence-corrected chi connectivity index (χ1v) is 7.98. The molecule has 3 aromatic rings. The van der Waals surface area contributed by atoms with E-state index in [4.69, 9.17) is 26.3 Å². The van der Waals surface area contributed by atoms with Gasteiger partial charge in [-0.3, -0.25) is 0 Å². The number of pyridine rings is 1. The molecule has 0 aliphatic carbocycles. The van der Waals surface area contributed by atoms with Crippen molar-refractivity contribution in [3.8, 4) is 11.8 Å². The monoisotopic (exact) mass is 342 g/mol. The molecule has 0 bridgehead atoms. The molecule has 1 aromatic carbocycles. The number of para-hydroxylation sites is 1. The number of benzene rings is 1. The van der Waals surface area contributed by atoms with E-state index in [1.54, 1.807) is 25.3 Å². The molecule has 6 heteroatoms. The maximum Gasteiger partial charge on any atom is 0.341 e. The molecular formula is C18H15ClN2O3. The van der Waals surface area contributed by atoms with Crippen LogP contribution in [-0.4, -0.2) is 29.0 Å². The van der Waals surface area contributed by atoms with Crippen LogP contribution in [0.3, 0.4) is 0 Å². The maximum absolute atomic E-state index is 12.6. The van der Waals surface area contributed by atoms with Crippen LogP contribution in [0.5, 0.6) is 5.75 Å². The summed E-state index contributed by atoms with van der Waals surface area (Å²) in [6.07, 6.45) is 1.39. The number of aromatic nitrogens is 1. The fourth-order valence-electron chi connectivity index (χ4n) is 2.61. The van der Waals surface area contributed by atoms with Crippen LogP contribution in [0.4, 0.5) is 0 Å². The Morgan fingerprint density at radius 2 is 2.08 bits per heavy atom. The quantitative estimate of drug-likeness (QED) is 0.523. The average Bonchev–Trinajstić information content (AvgIpc) is 2.93. The van der Waals surface area contributed by atoms with Crippen LogP contribution in [0.25, 0.3) is 16.4 Å². The van der Waals surface area contributed by atoms with E-state index in [2.05, 4.69) is 0 Å². The smallest absolute Gasteiger partial charge is 0.341 e. The first-order chi connectivity index (χ1) is 11.7. The second kappa shape index (κ2) is 6.81. The summed E-state index contributed by atoms with van der Waals surface area (Å²) in [5, 5.41) is 9.44. The Balaban J connectivity index is 2.16. The highest BCUT2D eigenvalue weighted by Gasteiger charge is 2.21. The zero-order chi connectivity index (χ0) is 17.1. The average molecular weight is 343 g/mol. The van der Waals surface area contributed by atoms with Gasteiger partial charge >= 0.3 is 5.97 Å².